The lowest BCUT2D eigenvalue weighted by molar-refractivity contribution is -0.136. The fraction of sp³-hybridized carbons (Fsp3) is 0.273. The number of carboxylic acid groups (broad SMARTS) is 1. The molecule has 0 fully saturated rings. The molecule has 16 heavy (non-hydrogen) atoms. The number of carboxylic acids is 1. The van der Waals surface area contributed by atoms with E-state index in [0.29, 0.717) is 11.3 Å². The van der Waals surface area contributed by atoms with E-state index >= 15 is 0 Å². The summed E-state index contributed by atoms with van der Waals surface area (Å²) in [6.45, 7) is 1.57. The molecule has 0 aliphatic heterocycles. The average molecular weight is 239 g/mol. The van der Waals surface area contributed by atoms with E-state index in [1.165, 1.54) is 23.9 Å². The van der Waals surface area contributed by atoms with Crippen molar-refractivity contribution < 1.29 is 14.3 Å². The van der Waals surface area contributed by atoms with E-state index in [1.807, 2.05) is 6.07 Å². The zero-order chi connectivity index (χ0) is 12.1. The lowest BCUT2D eigenvalue weighted by atomic mass is 10.1. The minimum atomic E-state index is -0.898. The van der Waals surface area contributed by atoms with E-state index in [1.54, 1.807) is 6.92 Å². The molecule has 1 aromatic carbocycles. The zero-order valence-electron chi connectivity index (χ0n) is 8.61. The topological polar surface area (TPSA) is 61.1 Å². The van der Waals surface area contributed by atoms with Crippen LogP contribution in [0, 0.1) is 17.1 Å². The van der Waals surface area contributed by atoms with Crippen LogP contribution in [0.25, 0.3) is 0 Å². The van der Waals surface area contributed by atoms with E-state index in [4.69, 9.17) is 10.4 Å². The monoisotopic (exact) mass is 239 g/mol. The third-order valence-electron chi connectivity index (χ3n) is 2.03. The summed E-state index contributed by atoms with van der Waals surface area (Å²) in [6, 6.07) is 5.82. The SMILES string of the molecule is CC(SCc1ccc(F)cc1C#N)C(=O)O. The Morgan fingerprint density at radius 1 is 1.69 bits per heavy atom. The first-order chi connectivity index (χ1) is 7.54. The number of benzene rings is 1. The van der Waals surface area contributed by atoms with Gasteiger partial charge >= 0.3 is 5.97 Å². The van der Waals surface area contributed by atoms with Crippen molar-refractivity contribution >= 4 is 17.7 Å². The Morgan fingerprint density at radius 2 is 2.38 bits per heavy atom. The molecular formula is C11H10FNO2S. The number of nitriles is 1. The van der Waals surface area contributed by atoms with Gasteiger partial charge in [0.2, 0.25) is 0 Å². The van der Waals surface area contributed by atoms with Crippen LogP contribution in [0.1, 0.15) is 18.1 Å². The van der Waals surface area contributed by atoms with Crippen molar-refractivity contribution in [1.29, 1.82) is 5.26 Å². The van der Waals surface area contributed by atoms with Crippen molar-refractivity contribution in [2.45, 2.75) is 17.9 Å². The van der Waals surface area contributed by atoms with Gasteiger partial charge in [0.15, 0.2) is 0 Å². The molecule has 1 N–H and O–H groups in total. The van der Waals surface area contributed by atoms with Crippen molar-refractivity contribution in [3.63, 3.8) is 0 Å². The van der Waals surface area contributed by atoms with Crippen molar-refractivity contribution in [1.82, 2.24) is 0 Å². The second-order valence-electron chi connectivity index (χ2n) is 3.20. The van der Waals surface area contributed by atoms with Gasteiger partial charge in [0, 0.05) is 5.75 Å². The Hall–Kier alpha value is -1.54. The van der Waals surface area contributed by atoms with Crippen LogP contribution in [0.15, 0.2) is 18.2 Å². The highest BCUT2D eigenvalue weighted by atomic mass is 32.2. The molecule has 0 bridgehead atoms. The second-order valence-corrected chi connectivity index (χ2v) is 4.53. The summed E-state index contributed by atoms with van der Waals surface area (Å²) in [5, 5.41) is 16.9. The van der Waals surface area contributed by atoms with Crippen LogP contribution in [0.2, 0.25) is 0 Å². The van der Waals surface area contributed by atoms with Gasteiger partial charge in [0.05, 0.1) is 16.9 Å². The van der Waals surface area contributed by atoms with Crippen LogP contribution in [0.4, 0.5) is 4.39 Å². The fourth-order valence-electron chi connectivity index (χ4n) is 1.06. The number of rotatable bonds is 4. The van der Waals surface area contributed by atoms with Crippen molar-refractivity contribution in [3.05, 3.63) is 35.1 Å². The summed E-state index contributed by atoms with van der Waals surface area (Å²) in [5.41, 5.74) is 0.909. The van der Waals surface area contributed by atoms with E-state index in [2.05, 4.69) is 0 Å². The molecule has 84 valence electrons. The Morgan fingerprint density at radius 3 is 2.94 bits per heavy atom. The summed E-state index contributed by atoms with van der Waals surface area (Å²) < 4.78 is 12.8. The smallest absolute Gasteiger partial charge is 0.316 e. The molecule has 0 amide bonds. The number of thioether (sulfide) groups is 1. The van der Waals surface area contributed by atoms with Crippen LogP contribution in [0.5, 0.6) is 0 Å². The predicted octanol–water partition coefficient (Wildman–Crippen LogP) is 2.40. The summed E-state index contributed by atoms with van der Waals surface area (Å²) in [6.07, 6.45) is 0. The lowest BCUT2D eigenvalue weighted by Crippen LogP contribution is -2.11. The molecule has 1 unspecified atom stereocenters. The van der Waals surface area contributed by atoms with Crippen LogP contribution < -0.4 is 0 Å². The number of nitrogens with zero attached hydrogens (tertiary/aromatic N) is 1. The molecule has 0 saturated carbocycles. The van der Waals surface area contributed by atoms with E-state index in [9.17, 15) is 9.18 Å². The second kappa shape index (κ2) is 5.52. The van der Waals surface area contributed by atoms with Crippen LogP contribution in [0.3, 0.4) is 0 Å². The molecule has 0 heterocycles. The van der Waals surface area contributed by atoms with Gasteiger partial charge in [-0.1, -0.05) is 6.07 Å². The molecule has 0 aliphatic rings. The first-order valence-electron chi connectivity index (χ1n) is 4.57. The van der Waals surface area contributed by atoms with E-state index < -0.39 is 17.0 Å². The maximum absolute atomic E-state index is 12.8. The normalized spacial score (nSPS) is 11.8. The molecule has 5 heteroatoms. The molecule has 1 atom stereocenters. The van der Waals surface area contributed by atoms with Gasteiger partial charge in [0.1, 0.15) is 5.82 Å². The highest BCUT2D eigenvalue weighted by Gasteiger charge is 2.12. The lowest BCUT2D eigenvalue weighted by Gasteiger charge is -2.07. The quantitative estimate of drug-likeness (QED) is 0.876. The van der Waals surface area contributed by atoms with Crippen LogP contribution in [-0.2, 0) is 10.5 Å². The third-order valence-corrected chi connectivity index (χ3v) is 3.21. The summed E-state index contributed by atoms with van der Waals surface area (Å²) >= 11 is 1.20. The molecule has 0 radical (unpaired) electrons. The number of carbonyl (C=O) groups is 1. The molecule has 1 rings (SSSR count). The van der Waals surface area contributed by atoms with Gasteiger partial charge < -0.3 is 5.11 Å². The van der Waals surface area contributed by atoms with Crippen LogP contribution >= 0.6 is 11.8 Å². The maximum Gasteiger partial charge on any atom is 0.316 e. The number of halogens is 1. The minimum Gasteiger partial charge on any atom is -0.480 e. The predicted molar refractivity (Wildman–Crippen MR) is 59.5 cm³/mol. The average Bonchev–Trinajstić information content (AvgIpc) is 2.26. The van der Waals surface area contributed by atoms with E-state index in [0.717, 1.165) is 6.07 Å². The first kappa shape index (κ1) is 12.5. The Labute approximate surface area is 96.9 Å². The van der Waals surface area contributed by atoms with Gasteiger partial charge in [-0.25, -0.2) is 4.39 Å². The molecule has 3 nitrogen and oxygen atoms in total. The summed E-state index contributed by atoms with van der Waals surface area (Å²) in [7, 11) is 0. The molecule has 1 aromatic rings. The Kier molecular flexibility index (Phi) is 4.32. The largest absolute Gasteiger partial charge is 0.480 e. The van der Waals surface area contributed by atoms with E-state index in [-0.39, 0.29) is 5.56 Å². The number of aliphatic carboxylic acids is 1. The number of hydrogen-bond donors (Lipinski definition) is 1. The van der Waals surface area contributed by atoms with Gasteiger partial charge in [-0.15, -0.1) is 11.8 Å². The fourth-order valence-corrected chi connectivity index (χ4v) is 1.89. The number of hydrogen-bond acceptors (Lipinski definition) is 3. The first-order valence-corrected chi connectivity index (χ1v) is 5.62. The Bertz CT molecular complexity index is 442. The molecule has 0 spiro atoms. The molecule has 0 aliphatic carbocycles. The van der Waals surface area contributed by atoms with Gasteiger partial charge in [-0.2, -0.15) is 5.26 Å². The van der Waals surface area contributed by atoms with Crippen molar-refractivity contribution in [2.24, 2.45) is 0 Å². The standard InChI is InChI=1S/C11H10FNO2S/c1-7(11(14)15)16-6-8-2-3-10(12)4-9(8)5-13/h2-4,7H,6H2,1H3,(H,14,15). The minimum absolute atomic E-state index is 0.255. The molecular weight excluding hydrogens is 229 g/mol. The van der Waals surface area contributed by atoms with Gasteiger partial charge in [-0.3, -0.25) is 4.79 Å². The zero-order valence-corrected chi connectivity index (χ0v) is 9.42. The highest BCUT2D eigenvalue weighted by molar-refractivity contribution is 7.99. The van der Waals surface area contributed by atoms with Crippen molar-refractivity contribution in [3.8, 4) is 6.07 Å². The molecule has 0 aromatic heterocycles. The van der Waals surface area contributed by atoms with Gasteiger partial charge in [-0.05, 0) is 24.6 Å². The maximum atomic E-state index is 12.8. The van der Waals surface area contributed by atoms with Crippen molar-refractivity contribution in [2.75, 3.05) is 0 Å². The molecule has 0 saturated heterocycles. The highest BCUT2D eigenvalue weighted by Crippen LogP contribution is 2.21. The summed E-state index contributed by atoms with van der Waals surface area (Å²) in [5.74, 6) is -0.974. The Balaban J connectivity index is 2.75. The summed E-state index contributed by atoms with van der Waals surface area (Å²) in [4.78, 5) is 10.6. The van der Waals surface area contributed by atoms with Crippen LogP contribution in [-0.4, -0.2) is 16.3 Å². The third kappa shape index (κ3) is 3.24. The van der Waals surface area contributed by atoms with Gasteiger partial charge in [0.25, 0.3) is 0 Å².